The normalized spacial score (nSPS) is 12.7. The molecule has 0 aliphatic heterocycles. The van der Waals surface area contributed by atoms with E-state index < -0.39 is 29.4 Å². The maximum Gasteiger partial charge on any atom is 0.334 e. The number of carboxylic acid groups (broad SMARTS) is 1. The molecule has 0 spiro atoms. The van der Waals surface area contributed by atoms with Gasteiger partial charge in [-0.25, -0.2) is 9.59 Å². The first-order valence-electron chi connectivity index (χ1n) is 9.25. The quantitative estimate of drug-likeness (QED) is 0.369. The molecule has 2 aromatic carbocycles. The Balaban J connectivity index is 2.16. The lowest BCUT2D eigenvalue weighted by Crippen LogP contribution is -2.31. The van der Waals surface area contributed by atoms with Crippen LogP contribution in [0.25, 0.3) is 0 Å². The van der Waals surface area contributed by atoms with Gasteiger partial charge in [0.1, 0.15) is 18.0 Å². The molecule has 1 unspecified atom stereocenters. The van der Waals surface area contributed by atoms with Gasteiger partial charge in [0.05, 0.1) is 0 Å². The van der Waals surface area contributed by atoms with Gasteiger partial charge in [0.15, 0.2) is 11.9 Å². The average Bonchev–Trinajstić information content (AvgIpc) is 2.70. The van der Waals surface area contributed by atoms with Gasteiger partial charge in [-0.1, -0.05) is 30.3 Å². The van der Waals surface area contributed by atoms with E-state index in [2.05, 4.69) is 0 Å². The summed E-state index contributed by atoms with van der Waals surface area (Å²) in [6, 6.07) is 15.4. The Kier molecular flexibility index (Phi) is 7.49. The number of Topliss-reactive ketones (excluding diaryl/α,β-unsaturated/α-hetero) is 1. The van der Waals surface area contributed by atoms with Crippen molar-refractivity contribution in [2.24, 2.45) is 0 Å². The van der Waals surface area contributed by atoms with Crippen molar-refractivity contribution in [2.75, 3.05) is 6.61 Å². The minimum absolute atomic E-state index is 0.0382. The first-order chi connectivity index (χ1) is 14.1. The maximum absolute atomic E-state index is 12.1. The molecule has 1 atom stereocenters. The van der Waals surface area contributed by atoms with E-state index in [-0.39, 0.29) is 12.2 Å². The molecule has 0 saturated carbocycles. The number of carbonyl (C=O) groups is 3. The highest BCUT2D eigenvalue weighted by atomic mass is 16.6. The Morgan fingerprint density at radius 1 is 1.03 bits per heavy atom. The number of rotatable bonds is 9. The number of carboxylic acids is 1. The maximum atomic E-state index is 12.1. The van der Waals surface area contributed by atoms with Crippen LogP contribution in [0.2, 0.25) is 0 Å². The monoisotopic (exact) mass is 412 g/mol. The van der Waals surface area contributed by atoms with Gasteiger partial charge in [0.25, 0.3) is 0 Å². The summed E-state index contributed by atoms with van der Waals surface area (Å²) in [7, 11) is 0. The number of hydrogen-bond acceptors (Lipinski definition) is 6. The minimum atomic E-state index is -1.48. The highest BCUT2D eigenvalue weighted by Gasteiger charge is 2.25. The lowest BCUT2D eigenvalue weighted by molar-refractivity contribution is -0.142. The summed E-state index contributed by atoms with van der Waals surface area (Å²) in [4.78, 5) is 34.9. The fourth-order valence-corrected chi connectivity index (χ4v) is 2.58. The summed E-state index contributed by atoms with van der Waals surface area (Å²) in [5.41, 5.74) is -0.428. The number of esters is 1. The van der Waals surface area contributed by atoms with Crippen molar-refractivity contribution in [3.8, 4) is 5.75 Å². The molecule has 0 bridgehead atoms. The van der Waals surface area contributed by atoms with Crippen LogP contribution in [-0.4, -0.2) is 40.1 Å². The molecule has 0 radical (unpaired) electrons. The Labute approximate surface area is 174 Å². The molecule has 0 saturated heterocycles. The van der Waals surface area contributed by atoms with Crippen molar-refractivity contribution in [1.29, 1.82) is 0 Å². The third kappa shape index (κ3) is 6.56. The van der Waals surface area contributed by atoms with Gasteiger partial charge in [0, 0.05) is 17.2 Å². The molecule has 7 nitrogen and oxygen atoms in total. The molecule has 0 fully saturated rings. The molecule has 30 heavy (non-hydrogen) atoms. The Bertz CT molecular complexity index is 922. The van der Waals surface area contributed by atoms with Crippen LogP contribution in [0.4, 0.5) is 0 Å². The van der Waals surface area contributed by atoms with E-state index in [4.69, 9.17) is 14.6 Å². The SMILES string of the molecule is C/C(=C/C(=O)O)C(=O)OCC(Oc1ccc(C(=O)C(C)(C)O)cc1)c1ccccc1. The van der Waals surface area contributed by atoms with Crippen molar-refractivity contribution in [1.82, 2.24) is 0 Å². The summed E-state index contributed by atoms with van der Waals surface area (Å²) >= 11 is 0. The molecule has 158 valence electrons. The number of benzene rings is 2. The number of carbonyl (C=O) groups excluding carboxylic acids is 2. The Morgan fingerprint density at radius 3 is 2.17 bits per heavy atom. The van der Waals surface area contributed by atoms with E-state index in [1.165, 1.54) is 20.8 Å². The van der Waals surface area contributed by atoms with Gasteiger partial charge in [-0.15, -0.1) is 0 Å². The van der Waals surface area contributed by atoms with Crippen LogP contribution in [0.1, 0.15) is 42.8 Å². The van der Waals surface area contributed by atoms with Crippen molar-refractivity contribution in [3.05, 3.63) is 77.4 Å². The molecule has 0 aromatic heterocycles. The van der Waals surface area contributed by atoms with Gasteiger partial charge in [0.2, 0.25) is 0 Å². The summed E-state index contributed by atoms with van der Waals surface area (Å²) in [6.07, 6.45) is 0.127. The van der Waals surface area contributed by atoms with Crippen molar-refractivity contribution in [2.45, 2.75) is 32.5 Å². The van der Waals surface area contributed by atoms with Gasteiger partial charge in [-0.2, -0.15) is 0 Å². The first kappa shape index (κ1) is 22.8. The molecule has 2 rings (SSSR count). The van der Waals surface area contributed by atoms with E-state index in [1.807, 2.05) is 30.3 Å². The van der Waals surface area contributed by atoms with E-state index >= 15 is 0 Å². The van der Waals surface area contributed by atoms with Gasteiger partial charge >= 0.3 is 11.9 Å². The van der Waals surface area contributed by atoms with Crippen molar-refractivity contribution >= 4 is 17.7 Å². The third-order valence-corrected chi connectivity index (χ3v) is 4.15. The predicted molar refractivity (Wildman–Crippen MR) is 109 cm³/mol. The van der Waals surface area contributed by atoms with Crippen LogP contribution in [0.15, 0.2) is 66.2 Å². The third-order valence-electron chi connectivity index (χ3n) is 4.15. The zero-order valence-corrected chi connectivity index (χ0v) is 17.0. The number of ether oxygens (including phenoxy) is 2. The smallest absolute Gasteiger partial charge is 0.334 e. The molecule has 0 heterocycles. The molecule has 0 aliphatic carbocycles. The molecule has 0 amide bonds. The summed E-state index contributed by atoms with van der Waals surface area (Å²) in [5.74, 6) is -1.97. The van der Waals surface area contributed by atoms with E-state index in [9.17, 15) is 19.5 Å². The molecular weight excluding hydrogens is 388 g/mol. The highest BCUT2D eigenvalue weighted by Crippen LogP contribution is 2.24. The van der Waals surface area contributed by atoms with Crippen LogP contribution in [0.3, 0.4) is 0 Å². The number of aliphatic hydroxyl groups is 1. The average molecular weight is 412 g/mol. The summed E-state index contributed by atoms with van der Waals surface area (Å²) < 4.78 is 11.2. The standard InChI is InChI=1S/C23H24O7/c1-15(13-20(24)25)22(27)29-14-19(16-7-5-4-6-8-16)30-18-11-9-17(10-12-18)21(26)23(2,3)28/h4-13,19,28H,14H2,1-3H3,(H,24,25)/b15-13-. The largest absolute Gasteiger partial charge is 0.482 e. The van der Waals surface area contributed by atoms with Crippen LogP contribution in [0, 0.1) is 0 Å². The van der Waals surface area contributed by atoms with E-state index in [0.717, 1.165) is 11.6 Å². The predicted octanol–water partition coefficient (Wildman–Crippen LogP) is 3.33. The molecular formula is C23H24O7. The second-order valence-corrected chi connectivity index (χ2v) is 7.19. The van der Waals surface area contributed by atoms with Gasteiger partial charge < -0.3 is 19.7 Å². The molecule has 7 heteroatoms. The molecule has 2 N–H and O–H groups in total. The van der Waals surface area contributed by atoms with Crippen LogP contribution < -0.4 is 4.74 Å². The fourth-order valence-electron chi connectivity index (χ4n) is 2.58. The lowest BCUT2D eigenvalue weighted by Gasteiger charge is -2.20. The highest BCUT2D eigenvalue weighted by molar-refractivity contribution is 6.01. The second-order valence-electron chi connectivity index (χ2n) is 7.19. The van der Waals surface area contributed by atoms with E-state index in [0.29, 0.717) is 11.3 Å². The Morgan fingerprint density at radius 2 is 1.63 bits per heavy atom. The molecule has 0 aliphatic rings. The molecule has 2 aromatic rings. The summed E-state index contributed by atoms with van der Waals surface area (Å²) in [5, 5.41) is 18.6. The lowest BCUT2D eigenvalue weighted by atomic mass is 9.97. The fraction of sp³-hybridized carbons (Fsp3) is 0.261. The second kappa shape index (κ2) is 9.84. The van der Waals surface area contributed by atoms with Crippen LogP contribution in [-0.2, 0) is 14.3 Å². The number of ketones is 1. The van der Waals surface area contributed by atoms with E-state index in [1.54, 1.807) is 24.3 Å². The Hall–Kier alpha value is -3.45. The van der Waals surface area contributed by atoms with Crippen molar-refractivity contribution in [3.63, 3.8) is 0 Å². The van der Waals surface area contributed by atoms with Crippen molar-refractivity contribution < 1.29 is 34.1 Å². The summed E-state index contributed by atoms with van der Waals surface area (Å²) in [6.45, 7) is 4.05. The number of hydrogen-bond donors (Lipinski definition) is 2. The van der Waals surface area contributed by atoms with Crippen LogP contribution >= 0.6 is 0 Å². The minimum Gasteiger partial charge on any atom is -0.482 e. The van der Waals surface area contributed by atoms with Gasteiger partial charge in [-0.3, -0.25) is 4.79 Å². The first-order valence-corrected chi connectivity index (χ1v) is 9.25. The zero-order valence-electron chi connectivity index (χ0n) is 17.0. The zero-order chi connectivity index (χ0) is 22.3. The number of aliphatic carboxylic acids is 1. The van der Waals surface area contributed by atoms with Crippen LogP contribution in [0.5, 0.6) is 5.75 Å². The topological polar surface area (TPSA) is 110 Å². The van der Waals surface area contributed by atoms with Gasteiger partial charge in [-0.05, 0) is 50.6 Å².